The van der Waals surface area contributed by atoms with Crippen molar-refractivity contribution in [2.45, 2.75) is 39.0 Å². The highest BCUT2D eigenvalue weighted by molar-refractivity contribution is 5.31. The maximum Gasteiger partial charge on any atom is 0.414 e. The summed E-state index contributed by atoms with van der Waals surface area (Å²) in [5.74, 6) is 0.0706. The first-order valence-electron chi connectivity index (χ1n) is 6.38. The molecule has 2 rings (SSSR count). The topological polar surface area (TPSA) is 59.2 Å². The predicted octanol–water partition coefficient (Wildman–Crippen LogP) is 2.74. The maximum atomic E-state index is 12.2. The van der Waals surface area contributed by atoms with E-state index in [0.717, 1.165) is 16.7 Å². The van der Waals surface area contributed by atoms with Crippen molar-refractivity contribution in [1.82, 2.24) is 10.1 Å². The minimum atomic E-state index is -4.69. The summed E-state index contributed by atoms with van der Waals surface area (Å²) in [6.07, 6.45) is -7.55. The van der Waals surface area contributed by atoms with Gasteiger partial charge in [0, 0.05) is 6.42 Å². The van der Waals surface area contributed by atoms with Gasteiger partial charge in [-0.1, -0.05) is 23.4 Å². The molecule has 0 amide bonds. The van der Waals surface area contributed by atoms with Gasteiger partial charge in [-0.25, -0.2) is 0 Å². The molecule has 1 aromatic heterocycles. The molecule has 1 unspecified atom stereocenters. The molecule has 0 saturated carbocycles. The van der Waals surface area contributed by atoms with E-state index in [-0.39, 0.29) is 5.89 Å². The number of alkyl halides is 3. The highest BCUT2D eigenvalue weighted by Crippen LogP contribution is 2.22. The van der Waals surface area contributed by atoms with Crippen LogP contribution in [-0.4, -0.2) is 27.5 Å². The van der Waals surface area contributed by atoms with Gasteiger partial charge in [-0.2, -0.15) is 18.2 Å². The predicted molar refractivity (Wildman–Crippen MR) is 68.8 cm³/mol. The number of rotatable bonds is 4. The molecule has 0 fully saturated rings. The Morgan fingerprint density at radius 2 is 1.95 bits per heavy atom. The van der Waals surface area contributed by atoms with Gasteiger partial charge in [-0.3, -0.25) is 0 Å². The van der Waals surface area contributed by atoms with Gasteiger partial charge < -0.3 is 9.63 Å². The summed E-state index contributed by atoms with van der Waals surface area (Å²) < 4.78 is 41.4. The van der Waals surface area contributed by atoms with Crippen LogP contribution in [0.15, 0.2) is 22.7 Å². The second-order valence-corrected chi connectivity index (χ2v) is 4.96. The molecule has 0 saturated heterocycles. The normalized spacial score (nSPS) is 13.4. The van der Waals surface area contributed by atoms with Crippen molar-refractivity contribution >= 4 is 0 Å². The first kappa shape index (κ1) is 15.5. The molecule has 0 bridgehead atoms. The fourth-order valence-electron chi connectivity index (χ4n) is 1.82. The number of nitrogens with zero attached hydrogens (tertiary/aromatic N) is 2. The molecule has 1 atom stereocenters. The van der Waals surface area contributed by atoms with Crippen molar-refractivity contribution in [3.8, 4) is 0 Å². The number of hydrogen-bond donors (Lipinski definition) is 1. The minimum absolute atomic E-state index is 0.223. The zero-order chi connectivity index (χ0) is 15.6. The van der Waals surface area contributed by atoms with Gasteiger partial charge in [0.1, 0.15) is 0 Å². The smallest absolute Gasteiger partial charge is 0.383 e. The Bertz CT molecular complexity index is 623. The van der Waals surface area contributed by atoms with Crippen LogP contribution in [0, 0.1) is 13.8 Å². The Hall–Kier alpha value is -1.89. The van der Waals surface area contributed by atoms with E-state index < -0.39 is 18.7 Å². The average molecular weight is 300 g/mol. The van der Waals surface area contributed by atoms with Crippen molar-refractivity contribution in [3.05, 3.63) is 46.6 Å². The molecular formula is C14H15F3N2O2. The number of aliphatic hydroxyl groups excluding tert-OH is 1. The third-order valence-corrected chi connectivity index (χ3v) is 3.19. The second kappa shape index (κ2) is 5.85. The summed E-state index contributed by atoms with van der Waals surface area (Å²) in [5, 5.41) is 12.6. The molecule has 4 nitrogen and oxygen atoms in total. The standard InChI is InChI=1S/C14H15F3N2O2/c1-8-3-4-10(5-9(8)2)6-12-18-13(21-19-12)7-11(20)14(15,16)17/h3-5,11,20H,6-7H2,1-2H3. The van der Waals surface area contributed by atoms with Gasteiger partial charge in [0.25, 0.3) is 0 Å². The van der Waals surface area contributed by atoms with Gasteiger partial charge >= 0.3 is 6.18 Å². The van der Waals surface area contributed by atoms with E-state index in [1.165, 1.54) is 0 Å². The van der Waals surface area contributed by atoms with Crippen molar-refractivity contribution in [2.75, 3.05) is 0 Å². The Morgan fingerprint density at radius 1 is 1.24 bits per heavy atom. The number of aromatic nitrogens is 2. The molecule has 0 spiro atoms. The van der Waals surface area contributed by atoms with Crippen molar-refractivity contribution < 1.29 is 22.8 Å². The van der Waals surface area contributed by atoms with E-state index >= 15 is 0 Å². The van der Waals surface area contributed by atoms with Crippen molar-refractivity contribution in [1.29, 1.82) is 0 Å². The second-order valence-electron chi connectivity index (χ2n) is 4.96. The minimum Gasteiger partial charge on any atom is -0.383 e. The van der Waals surface area contributed by atoms with Gasteiger partial charge in [0.05, 0.1) is 6.42 Å². The Balaban J connectivity index is 2.04. The maximum absolute atomic E-state index is 12.2. The number of hydrogen-bond acceptors (Lipinski definition) is 4. The van der Waals surface area contributed by atoms with Crippen LogP contribution < -0.4 is 0 Å². The third kappa shape index (κ3) is 4.04. The van der Waals surface area contributed by atoms with E-state index in [0.29, 0.717) is 12.2 Å². The lowest BCUT2D eigenvalue weighted by Crippen LogP contribution is -2.30. The SMILES string of the molecule is Cc1ccc(Cc2noc(CC(O)C(F)(F)F)n2)cc1C. The monoisotopic (exact) mass is 300 g/mol. The molecule has 0 aliphatic rings. The van der Waals surface area contributed by atoms with Crippen molar-refractivity contribution in [3.63, 3.8) is 0 Å². The van der Waals surface area contributed by atoms with E-state index in [9.17, 15) is 13.2 Å². The molecule has 1 heterocycles. The van der Waals surface area contributed by atoms with Crippen LogP contribution in [0.4, 0.5) is 13.2 Å². The van der Waals surface area contributed by atoms with E-state index in [4.69, 9.17) is 9.63 Å². The molecule has 114 valence electrons. The fraction of sp³-hybridized carbons (Fsp3) is 0.429. The summed E-state index contributed by atoms with van der Waals surface area (Å²) in [6, 6.07) is 5.83. The lowest BCUT2D eigenvalue weighted by atomic mass is 10.0. The molecular weight excluding hydrogens is 285 g/mol. The molecule has 0 radical (unpaired) electrons. The zero-order valence-corrected chi connectivity index (χ0v) is 11.6. The van der Waals surface area contributed by atoms with Crippen LogP contribution in [0.2, 0.25) is 0 Å². The zero-order valence-electron chi connectivity index (χ0n) is 11.6. The first-order valence-corrected chi connectivity index (χ1v) is 6.38. The van der Waals surface area contributed by atoms with Crippen LogP contribution in [-0.2, 0) is 12.8 Å². The van der Waals surface area contributed by atoms with Crippen LogP contribution >= 0.6 is 0 Å². The van der Waals surface area contributed by atoms with Gasteiger partial charge in [0.2, 0.25) is 5.89 Å². The summed E-state index contributed by atoms with van der Waals surface area (Å²) in [7, 11) is 0. The van der Waals surface area contributed by atoms with Crippen molar-refractivity contribution in [2.24, 2.45) is 0 Å². The van der Waals surface area contributed by atoms with Gasteiger partial charge in [0.15, 0.2) is 11.9 Å². The van der Waals surface area contributed by atoms with E-state index in [1.54, 1.807) is 0 Å². The quantitative estimate of drug-likeness (QED) is 0.943. The fourth-order valence-corrected chi connectivity index (χ4v) is 1.82. The number of aliphatic hydroxyl groups is 1. The van der Waals surface area contributed by atoms with Crippen LogP contribution in [0.5, 0.6) is 0 Å². The van der Waals surface area contributed by atoms with Crippen LogP contribution in [0.3, 0.4) is 0 Å². The molecule has 21 heavy (non-hydrogen) atoms. The van der Waals surface area contributed by atoms with Gasteiger partial charge in [-0.15, -0.1) is 0 Å². The average Bonchev–Trinajstić information content (AvgIpc) is 2.80. The number of aryl methyl sites for hydroxylation is 2. The summed E-state index contributed by atoms with van der Waals surface area (Å²) in [6.45, 7) is 3.96. The third-order valence-electron chi connectivity index (χ3n) is 3.19. The molecule has 7 heteroatoms. The summed E-state index contributed by atoms with van der Waals surface area (Å²) >= 11 is 0. The van der Waals surface area contributed by atoms with Gasteiger partial charge in [-0.05, 0) is 30.5 Å². The molecule has 2 aromatic rings. The van der Waals surface area contributed by atoms with E-state index in [2.05, 4.69) is 10.1 Å². The highest BCUT2D eigenvalue weighted by Gasteiger charge is 2.39. The lowest BCUT2D eigenvalue weighted by Gasteiger charge is -2.11. The summed E-state index contributed by atoms with van der Waals surface area (Å²) in [5.41, 5.74) is 3.21. The first-order chi connectivity index (χ1) is 9.75. The lowest BCUT2D eigenvalue weighted by molar-refractivity contribution is -0.204. The Kier molecular flexibility index (Phi) is 4.32. The Morgan fingerprint density at radius 3 is 2.57 bits per heavy atom. The summed E-state index contributed by atoms with van der Waals surface area (Å²) in [4.78, 5) is 3.87. The highest BCUT2D eigenvalue weighted by atomic mass is 19.4. The van der Waals surface area contributed by atoms with Crippen LogP contribution in [0.1, 0.15) is 28.4 Å². The Labute approximate surface area is 119 Å². The molecule has 1 N–H and O–H groups in total. The number of halogens is 3. The molecule has 1 aromatic carbocycles. The van der Waals surface area contributed by atoms with Crippen LogP contribution in [0.25, 0.3) is 0 Å². The number of benzene rings is 1. The largest absolute Gasteiger partial charge is 0.414 e. The molecule has 0 aliphatic carbocycles. The van der Waals surface area contributed by atoms with E-state index in [1.807, 2.05) is 32.0 Å². The molecule has 0 aliphatic heterocycles.